The van der Waals surface area contributed by atoms with Gasteiger partial charge in [-0.05, 0) is 41.3 Å². The number of carbonyl (C=O) groups excluding carboxylic acids is 1. The summed E-state index contributed by atoms with van der Waals surface area (Å²) >= 11 is 0. The van der Waals surface area contributed by atoms with Crippen molar-refractivity contribution >= 4 is 16.6 Å². The van der Waals surface area contributed by atoms with Crippen LogP contribution in [0.3, 0.4) is 0 Å². The first-order valence-electron chi connectivity index (χ1n) is 6.81. The molecule has 0 unspecified atom stereocenters. The number of carbonyl (C=O) groups is 1. The second kappa shape index (κ2) is 6.37. The molecule has 0 saturated heterocycles. The highest BCUT2D eigenvalue weighted by atomic mass is 16.5. The van der Waals surface area contributed by atoms with E-state index in [1.165, 1.54) is 16.3 Å². The van der Waals surface area contributed by atoms with Gasteiger partial charge >= 0.3 is 0 Å². The van der Waals surface area contributed by atoms with Crippen molar-refractivity contribution in [1.29, 1.82) is 0 Å². The van der Waals surface area contributed by atoms with E-state index in [9.17, 15) is 4.79 Å². The molecule has 0 saturated carbocycles. The van der Waals surface area contributed by atoms with Gasteiger partial charge in [0.2, 0.25) is 0 Å². The topological polar surface area (TPSA) is 26.3 Å². The van der Waals surface area contributed by atoms with Crippen LogP contribution in [0.1, 0.15) is 31.7 Å². The lowest BCUT2D eigenvalue weighted by Gasteiger charge is -2.05. The first-order valence-corrected chi connectivity index (χ1v) is 6.81. The van der Waals surface area contributed by atoms with Crippen molar-refractivity contribution in [2.45, 2.75) is 32.6 Å². The summed E-state index contributed by atoms with van der Waals surface area (Å²) in [7, 11) is 1.68. The Morgan fingerprint density at radius 1 is 1.11 bits per heavy atom. The molecular weight excluding hydrogens is 236 g/mol. The van der Waals surface area contributed by atoms with Gasteiger partial charge in [0.1, 0.15) is 11.5 Å². The van der Waals surface area contributed by atoms with E-state index in [1.807, 2.05) is 19.1 Å². The van der Waals surface area contributed by atoms with E-state index < -0.39 is 0 Å². The van der Waals surface area contributed by atoms with Crippen molar-refractivity contribution < 1.29 is 9.53 Å². The monoisotopic (exact) mass is 256 g/mol. The van der Waals surface area contributed by atoms with Gasteiger partial charge in [-0.25, -0.2) is 0 Å². The molecule has 2 nitrogen and oxygen atoms in total. The summed E-state index contributed by atoms with van der Waals surface area (Å²) in [4.78, 5) is 11.3. The molecule has 0 fully saturated rings. The van der Waals surface area contributed by atoms with Gasteiger partial charge in [-0.3, -0.25) is 4.79 Å². The van der Waals surface area contributed by atoms with E-state index >= 15 is 0 Å². The van der Waals surface area contributed by atoms with Crippen LogP contribution < -0.4 is 4.74 Å². The Morgan fingerprint density at radius 2 is 1.84 bits per heavy atom. The zero-order valence-corrected chi connectivity index (χ0v) is 11.6. The molecule has 0 N–H and O–H groups in total. The quantitative estimate of drug-likeness (QED) is 0.776. The Bertz CT molecular complexity index is 572. The van der Waals surface area contributed by atoms with Gasteiger partial charge in [0.15, 0.2) is 0 Å². The summed E-state index contributed by atoms with van der Waals surface area (Å²) in [6.45, 7) is 1.92. The minimum absolute atomic E-state index is 0.352. The van der Waals surface area contributed by atoms with E-state index in [-0.39, 0.29) is 0 Å². The number of Topliss-reactive ketones (excluding diaryl/α,β-unsaturated/α-hetero) is 1. The molecule has 0 atom stereocenters. The number of benzene rings is 2. The molecule has 2 rings (SSSR count). The predicted octanol–water partition coefficient (Wildman–Crippen LogP) is 4.15. The Morgan fingerprint density at radius 3 is 2.58 bits per heavy atom. The van der Waals surface area contributed by atoms with Gasteiger partial charge in [0.05, 0.1) is 7.11 Å². The summed E-state index contributed by atoms with van der Waals surface area (Å²) in [6.07, 6.45) is 3.25. The van der Waals surface area contributed by atoms with Gasteiger partial charge in [-0.15, -0.1) is 0 Å². The summed E-state index contributed by atoms with van der Waals surface area (Å²) < 4.78 is 5.22. The highest BCUT2D eigenvalue weighted by Crippen LogP contribution is 2.22. The zero-order valence-electron chi connectivity index (χ0n) is 11.6. The molecule has 0 aliphatic rings. The number of rotatable bonds is 6. The normalized spacial score (nSPS) is 10.6. The lowest BCUT2D eigenvalue weighted by atomic mass is 10.0. The minimum Gasteiger partial charge on any atom is -0.497 e. The number of hydrogen-bond acceptors (Lipinski definition) is 2. The van der Waals surface area contributed by atoms with Crippen LogP contribution in [0.15, 0.2) is 36.4 Å². The largest absolute Gasteiger partial charge is 0.497 e. The maximum atomic E-state index is 11.3. The highest BCUT2D eigenvalue weighted by Gasteiger charge is 2.01. The molecule has 2 heteroatoms. The Kier molecular flexibility index (Phi) is 4.56. The van der Waals surface area contributed by atoms with Crippen LogP contribution in [0, 0.1) is 0 Å². The van der Waals surface area contributed by atoms with Crippen LogP contribution in [-0.2, 0) is 11.2 Å². The van der Waals surface area contributed by atoms with Crippen LogP contribution in [0.25, 0.3) is 10.8 Å². The summed E-state index contributed by atoms with van der Waals surface area (Å²) in [5.74, 6) is 1.24. The number of fused-ring (bicyclic) bond motifs is 1. The van der Waals surface area contributed by atoms with Gasteiger partial charge in [-0.1, -0.05) is 31.2 Å². The van der Waals surface area contributed by atoms with Crippen molar-refractivity contribution in [2.75, 3.05) is 7.11 Å². The lowest BCUT2D eigenvalue weighted by Crippen LogP contribution is -1.96. The van der Waals surface area contributed by atoms with Crippen molar-refractivity contribution in [3.05, 3.63) is 42.0 Å². The van der Waals surface area contributed by atoms with Crippen LogP contribution >= 0.6 is 0 Å². The number of ether oxygens (including phenoxy) is 1. The van der Waals surface area contributed by atoms with Crippen molar-refractivity contribution in [1.82, 2.24) is 0 Å². The number of ketones is 1. The van der Waals surface area contributed by atoms with E-state index in [0.29, 0.717) is 18.6 Å². The van der Waals surface area contributed by atoms with Gasteiger partial charge in [0.25, 0.3) is 0 Å². The standard InChI is InChI=1S/C17H20O2/c1-3-16(18)6-4-5-13-7-8-15-12-17(19-2)10-9-14(15)11-13/h7-12H,3-6H2,1-2H3. The molecular formula is C17H20O2. The minimum atomic E-state index is 0.352. The molecule has 0 amide bonds. The fourth-order valence-electron chi connectivity index (χ4n) is 2.22. The molecule has 19 heavy (non-hydrogen) atoms. The summed E-state index contributed by atoms with van der Waals surface area (Å²) in [5, 5.41) is 2.41. The number of hydrogen-bond donors (Lipinski definition) is 0. The van der Waals surface area contributed by atoms with Gasteiger partial charge in [0, 0.05) is 12.8 Å². The third kappa shape index (κ3) is 3.57. The molecule has 0 heterocycles. The van der Waals surface area contributed by atoms with Crippen LogP contribution in [0.4, 0.5) is 0 Å². The average molecular weight is 256 g/mol. The van der Waals surface area contributed by atoms with Crippen LogP contribution in [0.2, 0.25) is 0 Å². The molecule has 2 aromatic rings. The zero-order chi connectivity index (χ0) is 13.7. The van der Waals surface area contributed by atoms with Crippen molar-refractivity contribution in [3.63, 3.8) is 0 Å². The molecule has 0 spiro atoms. The maximum Gasteiger partial charge on any atom is 0.132 e. The van der Waals surface area contributed by atoms with E-state index in [4.69, 9.17) is 4.74 Å². The first-order chi connectivity index (χ1) is 9.22. The van der Waals surface area contributed by atoms with E-state index in [1.54, 1.807) is 7.11 Å². The Hall–Kier alpha value is -1.83. The molecule has 0 aromatic heterocycles. The van der Waals surface area contributed by atoms with Crippen molar-refractivity contribution in [3.8, 4) is 5.75 Å². The van der Waals surface area contributed by atoms with Crippen LogP contribution in [0.5, 0.6) is 5.75 Å². The number of methoxy groups -OCH3 is 1. The second-order valence-corrected chi connectivity index (χ2v) is 4.79. The van der Waals surface area contributed by atoms with E-state index in [0.717, 1.165) is 18.6 Å². The summed E-state index contributed by atoms with van der Waals surface area (Å²) in [5.41, 5.74) is 1.29. The second-order valence-electron chi connectivity index (χ2n) is 4.79. The first kappa shape index (κ1) is 13.6. The molecule has 0 aliphatic heterocycles. The third-order valence-electron chi connectivity index (χ3n) is 3.43. The predicted molar refractivity (Wildman–Crippen MR) is 78.7 cm³/mol. The molecule has 2 aromatic carbocycles. The molecule has 0 radical (unpaired) electrons. The molecule has 0 aliphatic carbocycles. The Balaban J connectivity index is 2.07. The molecule has 0 bridgehead atoms. The van der Waals surface area contributed by atoms with Crippen LogP contribution in [-0.4, -0.2) is 12.9 Å². The lowest BCUT2D eigenvalue weighted by molar-refractivity contribution is -0.118. The average Bonchev–Trinajstić information content (AvgIpc) is 2.46. The van der Waals surface area contributed by atoms with E-state index in [2.05, 4.69) is 24.3 Å². The van der Waals surface area contributed by atoms with Gasteiger partial charge in [-0.2, -0.15) is 0 Å². The van der Waals surface area contributed by atoms with Gasteiger partial charge < -0.3 is 4.74 Å². The number of aryl methyl sites for hydroxylation is 1. The smallest absolute Gasteiger partial charge is 0.132 e. The molecule has 100 valence electrons. The fraction of sp³-hybridized carbons (Fsp3) is 0.353. The third-order valence-corrected chi connectivity index (χ3v) is 3.43. The fourth-order valence-corrected chi connectivity index (χ4v) is 2.22. The van der Waals surface area contributed by atoms with Crippen molar-refractivity contribution in [2.24, 2.45) is 0 Å². The SMILES string of the molecule is CCC(=O)CCCc1ccc2cc(OC)ccc2c1. The highest BCUT2D eigenvalue weighted by molar-refractivity contribution is 5.84. The summed E-state index contributed by atoms with van der Waals surface area (Å²) in [6, 6.07) is 12.6. The maximum absolute atomic E-state index is 11.3. The Labute approximate surface area is 114 Å².